The minimum Gasteiger partial charge on any atom is -0.311 e. The lowest BCUT2D eigenvalue weighted by Crippen LogP contribution is -2.16. The first-order valence-electron chi connectivity index (χ1n) is 8.69. The molecule has 1 aromatic rings. The van der Waals surface area contributed by atoms with Crippen LogP contribution in [-0.4, -0.2) is 11.5 Å². The third-order valence-electron chi connectivity index (χ3n) is 3.71. The van der Waals surface area contributed by atoms with Crippen molar-refractivity contribution < 1.29 is 0 Å². The lowest BCUT2D eigenvalue weighted by molar-refractivity contribution is 0.551. The second-order valence-electron chi connectivity index (χ2n) is 7.05. The van der Waals surface area contributed by atoms with Gasteiger partial charge in [0.25, 0.3) is 0 Å². The van der Waals surface area contributed by atoms with Gasteiger partial charge in [0.1, 0.15) is 0 Å². The Labute approximate surface area is 135 Å². The molecular weight excluding hydrogens is 276 g/mol. The van der Waals surface area contributed by atoms with Gasteiger partial charge in [-0.25, -0.2) is 4.98 Å². The Balaban J connectivity index is 1.98. The van der Waals surface area contributed by atoms with Crippen LogP contribution >= 0.6 is 11.3 Å². The SMILES string of the molecule is CCCCCCCCCCNCc1csc(C(C)(C)C)n1. The summed E-state index contributed by atoms with van der Waals surface area (Å²) in [6.45, 7) is 11.0. The van der Waals surface area contributed by atoms with Gasteiger partial charge in [-0.3, -0.25) is 0 Å². The van der Waals surface area contributed by atoms with E-state index in [-0.39, 0.29) is 5.41 Å². The van der Waals surface area contributed by atoms with E-state index in [1.54, 1.807) is 11.3 Å². The molecule has 0 radical (unpaired) electrons. The van der Waals surface area contributed by atoms with Crippen LogP contribution in [0.3, 0.4) is 0 Å². The van der Waals surface area contributed by atoms with Crippen molar-refractivity contribution in [2.24, 2.45) is 0 Å². The zero-order valence-electron chi connectivity index (χ0n) is 14.5. The van der Waals surface area contributed by atoms with Gasteiger partial charge in [0.05, 0.1) is 10.7 Å². The first kappa shape index (κ1) is 18.6. The minimum absolute atomic E-state index is 0.181. The third kappa shape index (κ3) is 8.57. The zero-order valence-corrected chi connectivity index (χ0v) is 15.3. The summed E-state index contributed by atoms with van der Waals surface area (Å²) in [5, 5.41) is 6.96. The Morgan fingerprint density at radius 2 is 1.62 bits per heavy atom. The summed E-state index contributed by atoms with van der Waals surface area (Å²) in [6, 6.07) is 0. The third-order valence-corrected chi connectivity index (χ3v) is 5.02. The lowest BCUT2D eigenvalue weighted by Gasteiger charge is -2.13. The first-order valence-corrected chi connectivity index (χ1v) is 9.57. The van der Waals surface area contributed by atoms with Crippen molar-refractivity contribution >= 4 is 11.3 Å². The highest BCUT2D eigenvalue weighted by molar-refractivity contribution is 7.09. The summed E-state index contributed by atoms with van der Waals surface area (Å²) >= 11 is 1.79. The van der Waals surface area contributed by atoms with E-state index in [2.05, 4.69) is 38.4 Å². The highest BCUT2D eigenvalue weighted by Crippen LogP contribution is 2.25. The summed E-state index contributed by atoms with van der Waals surface area (Å²) in [4.78, 5) is 4.71. The number of nitrogens with one attached hydrogen (secondary N) is 1. The Morgan fingerprint density at radius 1 is 1.00 bits per heavy atom. The molecule has 1 rings (SSSR count). The van der Waals surface area contributed by atoms with Crippen LogP contribution < -0.4 is 5.32 Å². The Kier molecular flexibility index (Phi) is 9.18. The summed E-state index contributed by atoms with van der Waals surface area (Å²) < 4.78 is 0. The van der Waals surface area contributed by atoms with Crippen LogP contribution in [-0.2, 0) is 12.0 Å². The maximum Gasteiger partial charge on any atom is 0.0982 e. The van der Waals surface area contributed by atoms with E-state index >= 15 is 0 Å². The predicted molar refractivity (Wildman–Crippen MR) is 95.1 cm³/mol. The molecule has 21 heavy (non-hydrogen) atoms. The van der Waals surface area contributed by atoms with Gasteiger partial charge < -0.3 is 5.32 Å². The number of hydrogen-bond donors (Lipinski definition) is 1. The van der Waals surface area contributed by atoms with E-state index in [0.29, 0.717) is 0 Å². The molecular formula is C18H34N2S. The molecule has 122 valence electrons. The van der Waals surface area contributed by atoms with E-state index in [1.165, 1.54) is 62.1 Å². The highest BCUT2D eigenvalue weighted by Gasteiger charge is 2.17. The van der Waals surface area contributed by atoms with E-state index in [9.17, 15) is 0 Å². The second kappa shape index (κ2) is 10.3. The van der Waals surface area contributed by atoms with Gasteiger partial charge in [-0.2, -0.15) is 0 Å². The molecule has 0 aliphatic carbocycles. The van der Waals surface area contributed by atoms with Crippen LogP contribution in [0, 0.1) is 0 Å². The fourth-order valence-electron chi connectivity index (χ4n) is 2.33. The number of hydrogen-bond acceptors (Lipinski definition) is 3. The molecule has 0 unspecified atom stereocenters. The van der Waals surface area contributed by atoms with Crippen LogP contribution in [0.15, 0.2) is 5.38 Å². The van der Waals surface area contributed by atoms with Gasteiger partial charge in [0, 0.05) is 17.3 Å². The standard InChI is InChI=1S/C18H34N2S/c1-5-6-7-8-9-10-11-12-13-19-14-16-15-21-17(20-16)18(2,3)4/h15,19H,5-14H2,1-4H3. The van der Waals surface area contributed by atoms with E-state index in [1.807, 2.05) is 0 Å². The van der Waals surface area contributed by atoms with Crippen molar-refractivity contribution in [1.29, 1.82) is 0 Å². The largest absolute Gasteiger partial charge is 0.311 e. The summed E-state index contributed by atoms with van der Waals surface area (Å²) in [7, 11) is 0. The fraction of sp³-hybridized carbons (Fsp3) is 0.833. The summed E-state index contributed by atoms with van der Waals surface area (Å²) in [5.41, 5.74) is 1.38. The molecule has 0 aromatic carbocycles. The number of thiazole rings is 1. The van der Waals surface area contributed by atoms with Gasteiger partial charge in [-0.1, -0.05) is 72.6 Å². The van der Waals surface area contributed by atoms with Crippen LogP contribution in [0.4, 0.5) is 0 Å². The number of aromatic nitrogens is 1. The van der Waals surface area contributed by atoms with Crippen molar-refractivity contribution in [3.05, 3.63) is 16.1 Å². The molecule has 0 spiro atoms. The quantitative estimate of drug-likeness (QED) is 0.533. The number of unbranched alkanes of at least 4 members (excludes halogenated alkanes) is 7. The lowest BCUT2D eigenvalue weighted by atomic mass is 9.98. The van der Waals surface area contributed by atoms with Crippen molar-refractivity contribution in [3.8, 4) is 0 Å². The van der Waals surface area contributed by atoms with Crippen molar-refractivity contribution in [2.45, 2.75) is 91.0 Å². The second-order valence-corrected chi connectivity index (χ2v) is 7.90. The maximum atomic E-state index is 4.71. The van der Waals surface area contributed by atoms with Gasteiger partial charge >= 0.3 is 0 Å². The van der Waals surface area contributed by atoms with Gasteiger partial charge in [-0.05, 0) is 13.0 Å². The fourth-order valence-corrected chi connectivity index (χ4v) is 3.24. The Bertz CT molecular complexity index is 366. The number of nitrogens with zero attached hydrogens (tertiary/aromatic N) is 1. The Hall–Kier alpha value is -0.410. The van der Waals surface area contributed by atoms with Crippen LogP contribution in [0.25, 0.3) is 0 Å². The van der Waals surface area contributed by atoms with Gasteiger partial charge in [0.2, 0.25) is 0 Å². The molecule has 0 amide bonds. The number of rotatable bonds is 11. The summed E-state index contributed by atoms with van der Waals surface area (Å²) in [5.74, 6) is 0. The Morgan fingerprint density at radius 3 is 2.19 bits per heavy atom. The molecule has 0 aliphatic heterocycles. The molecule has 0 aliphatic rings. The molecule has 2 nitrogen and oxygen atoms in total. The molecule has 1 N–H and O–H groups in total. The van der Waals surface area contributed by atoms with Crippen molar-refractivity contribution in [2.75, 3.05) is 6.54 Å². The average molecular weight is 311 g/mol. The molecule has 0 saturated carbocycles. The average Bonchev–Trinajstić information content (AvgIpc) is 2.90. The molecule has 0 fully saturated rings. The summed E-state index contributed by atoms with van der Waals surface area (Å²) in [6.07, 6.45) is 11.1. The molecule has 1 heterocycles. The van der Waals surface area contributed by atoms with Crippen molar-refractivity contribution in [3.63, 3.8) is 0 Å². The van der Waals surface area contributed by atoms with Gasteiger partial charge in [0.15, 0.2) is 0 Å². The van der Waals surface area contributed by atoms with E-state index < -0.39 is 0 Å². The molecule has 3 heteroatoms. The molecule has 0 bridgehead atoms. The normalized spacial score (nSPS) is 12.0. The van der Waals surface area contributed by atoms with Crippen LogP contribution in [0.2, 0.25) is 0 Å². The minimum atomic E-state index is 0.181. The predicted octanol–water partition coefficient (Wildman–Crippen LogP) is 5.67. The monoisotopic (exact) mass is 310 g/mol. The maximum absolute atomic E-state index is 4.71. The first-order chi connectivity index (χ1) is 10.0. The topological polar surface area (TPSA) is 24.9 Å². The van der Waals surface area contributed by atoms with E-state index in [0.717, 1.165) is 13.1 Å². The van der Waals surface area contributed by atoms with Crippen LogP contribution in [0.5, 0.6) is 0 Å². The van der Waals surface area contributed by atoms with Gasteiger partial charge in [-0.15, -0.1) is 11.3 Å². The van der Waals surface area contributed by atoms with E-state index in [4.69, 9.17) is 4.98 Å². The molecule has 0 atom stereocenters. The smallest absolute Gasteiger partial charge is 0.0982 e. The van der Waals surface area contributed by atoms with Crippen LogP contribution in [0.1, 0.15) is 89.8 Å². The zero-order chi connectivity index (χ0) is 15.6. The highest BCUT2D eigenvalue weighted by atomic mass is 32.1. The van der Waals surface area contributed by atoms with Crippen molar-refractivity contribution in [1.82, 2.24) is 10.3 Å². The molecule has 1 aromatic heterocycles. The molecule has 0 saturated heterocycles.